The van der Waals surface area contributed by atoms with Crippen LogP contribution in [0.1, 0.15) is 52.5 Å². The summed E-state index contributed by atoms with van der Waals surface area (Å²) in [4.78, 5) is 6.13. The normalized spacial score (nSPS) is 38.2. The van der Waals surface area contributed by atoms with Gasteiger partial charge in [-0.3, -0.25) is 4.84 Å². The number of benzene rings is 1. The van der Waals surface area contributed by atoms with E-state index in [1.165, 1.54) is 12.0 Å². The fourth-order valence-electron chi connectivity index (χ4n) is 3.95. The second-order valence-corrected chi connectivity index (χ2v) is 8.14. The molecule has 1 unspecified atom stereocenters. The first-order valence-electron chi connectivity index (χ1n) is 8.37. The van der Waals surface area contributed by atoms with E-state index >= 15 is 0 Å². The summed E-state index contributed by atoms with van der Waals surface area (Å²) in [5.74, 6) is 0.672. The molecule has 2 fully saturated rings. The number of methoxy groups -OCH3 is 1. The monoisotopic (exact) mass is 303 g/mol. The molecule has 1 aromatic rings. The van der Waals surface area contributed by atoms with Crippen LogP contribution in [0, 0.1) is 11.3 Å². The lowest BCUT2D eigenvalue weighted by Crippen LogP contribution is -2.53. The number of hydrogen-bond acceptors (Lipinski definition) is 3. The van der Waals surface area contributed by atoms with E-state index in [9.17, 15) is 0 Å². The van der Waals surface area contributed by atoms with Crippen molar-refractivity contribution in [1.82, 2.24) is 5.06 Å². The molecule has 1 heterocycles. The smallest absolute Gasteiger partial charge is 0.193 e. The van der Waals surface area contributed by atoms with Crippen LogP contribution in [0.3, 0.4) is 0 Å². The van der Waals surface area contributed by atoms with Crippen LogP contribution in [-0.2, 0) is 16.1 Å². The van der Waals surface area contributed by atoms with Crippen molar-refractivity contribution in [3.63, 3.8) is 0 Å². The van der Waals surface area contributed by atoms with Gasteiger partial charge < -0.3 is 4.74 Å². The molecule has 22 heavy (non-hydrogen) atoms. The van der Waals surface area contributed by atoms with Crippen molar-refractivity contribution < 1.29 is 9.57 Å². The number of nitrogens with zero attached hydrogens (tertiary/aromatic N) is 1. The molecule has 0 aromatic heterocycles. The van der Waals surface area contributed by atoms with Crippen LogP contribution in [0.2, 0.25) is 0 Å². The van der Waals surface area contributed by atoms with E-state index in [0.717, 1.165) is 19.4 Å². The molecule has 122 valence electrons. The molecule has 1 saturated carbocycles. The van der Waals surface area contributed by atoms with Gasteiger partial charge in [0, 0.05) is 7.11 Å². The Morgan fingerprint density at radius 1 is 1.27 bits per heavy atom. The highest BCUT2D eigenvalue weighted by Gasteiger charge is 2.69. The summed E-state index contributed by atoms with van der Waals surface area (Å²) in [5.41, 5.74) is 1.13. The Hall–Kier alpha value is -0.900. The highest BCUT2D eigenvalue weighted by atomic mass is 16.9. The molecule has 4 atom stereocenters. The number of hydrogen-bond donors (Lipinski definition) is 0. The van der Waals surface area contributed by atoms with Crippen LogP contribution >= 0.6 is 0 Å². The Morgan fingerprint density at radius 3 is 2.55 bits per heavy atom. The van der Waals surface area contributed by atoms with Gasteiger partial charge in [0.15, 0.2) is 5.72 Å². The molecule has 1 spiro atoms. The van der Waals surface area contributed by atoms with Gasteiger partial charge >= 0.3 is 0 Å². The number of ether oxygens (including phenoxy) is 1. The minimum absolute atomic E-state index is 0.237. The largest absolute Gasteiger partial charge is 0.374 e. The quantitative estimate of drug-likeness (QED) is 0.775. The fraction of sp³-hybridized carbons (Fsp3) is 0.684. The van der Waals surface area contributed by atoms with Crippen molar-refractivity contribution in [2.24, 2.45) is 11.3 Å². The first-order chi connectivity index (χ1) is 10.3. The van der Waals surface area contributed by atoms with Gasteiger partial charge in [-0.05, 0) is 43.1 Å². The van der Waals surface area contributed by atoms with Crippen LogP contribution in [0.4, 0.5) is 0 Å². The topological polar surface area (TPSA) is 24.8 Å². The van der Waals surface area contributed by atoms with Crippen molar-refractivity contribution in [3.05, 3.63) is 35.9 Å². The molecule has 0 bridgehead atoms. The van der Waals surface area contributed by atoms with Gasteiger partial charge in [0.25, 0.3) is 0 Å². The molecule has 2 aliphatic rings. The Morgan fingerprint density at radius 2 is 1.95 bits per heavy atom. The predicted molar refractivity (Wildman–Crippen MR) is 88.0 cm³/mol. The first-order valence-corrected chi connectivity index (χ1v) is 8.37. The minimum atomic E-state index is -0.238. The lowest BCUT2D eigenvalue weighted by molar-refractivity contribution is -0.113. The molecular weight excluding hydrogens is 274 g/mol. The van der Waals surface area contributed by atoms with Gasteiger partial charge in [-0.2, -0.15) is 0 Å². The van der Waals surface area contributed by atoms with E-state index in [4.69, 9.17) is 9.57 Å². The number of rotatable bonds is 3. The molecule has 3 heteroatoms. The highest BCUT2D eigenvalue weighted by molar-refractivity contribution is 5.17. The lowest BCUT2D eigenvalue weighted by Gasteiger charge is -2.45. The van der Waals surface area contributed by atoms with Crippen molar-refractivity contribution in [3.8, 4) is 0 Å². The molecule has 0 N–H and O–H groups in total. The SMILES string of the molecule is CO[C@]1(C)C[C@@H](C(C)(C)C)CC[C@@]12ON2Cc1ccccc1. The van der Waals surface area contributed by atoms with E-state index in [1.54, 1.807) is 0 Å². The standard InChI is InChI=1S/C19H29NO2/c1-17(2,3)16-11-12-19(18(4,13-16)21-5)20(22-19)14-15-9-7-6-8-10-15/h6-10,16H,11-14H2,1-5H3/t16-,18+,19+,20?/m0/s1. The van der Waals surface area contributed by atoms with Crippen molar-refractivity contribution in [2.45, 2.75) is 64.8 Å². The number of hydroxylamine groups is 2. The van der Waals surface area contributed by atoms with Crippen LogP contribution in [-0.4, -0.2) is 23.5 Å². The maximum atomic E-state index is 6.13. The van der Waals surface area contributed by atoms with Gasteiger partial charge in [-0.15, -0.1) is 5.06 Å². The average molecular weight is 303 g/mol. The van der Waals surface area contributed by atoms with Gasteiger partial charge in [-0.1, -0.05) is 51.1 Å². The summed E-state index contributed by atoms with van der Waals surface area (Å²) in [6.07, 6.45) is 3.30. The molecule has 0 radical (unpaired) electrons. The van der Waals surface area contributed by atoms with Gasteiger partial charge in [0.1, 0.15) is 5.60 Å². The zero-order chi connectivity index (χ0) is 16.0. The Labute approximate surface area is 134 Å². The summed E-state index contributed by atoms with van der Waals surface area (Å²) < 4.78 is 5.98. The Bertz CT molecular complexity index is 524. The summed E-state index contributed by atoms with van der Waals surface area (Å²) in [7, 11) is 1.83. The molecule has 3 rings (SSSR count). The lowest BCUT2D eigenvalue weighted by atomic mass is 9.65. The predicted octanol–water partition coefficient (Wildman–Crippen LogP) is 4.38. The van der Waals surface area contributed by atoms with Crippen LogP contribution < -0.4 is 0 Å². The maximum Gasteiger partial charge on any atom is 0.193 e. The molecule has 1 aromatic carbocycles. The molecule has 3 nitrogen and oxygen atoms in total. The van der Waals surface area contributed by atoms with Gasteiger partial charge in [0.05, 0.1) is 6.54 Å². The second kappa shape index (κ2) is 5.33. The van der Waals surface area contributed by atoms with Crippen LogP contribution in [0.15, 0.2) is 30.3 Å². The van der Waals surface area contributed by atoms with Crippen molar-refractivity contribution >= 4 is 0 Å². The summed E-state index contributed by atoms with van der Waals surface area (Å²) in [6.45, 7) is 10.1. The Kier molecular flexibility index (Phi) is 3.87. The van der Waals surface area contributed by atoms with E-state index < -0.39 is 0 Å². The first kappa shape index (κ1) is 16.0. The van der Waals surface area contributed by atoms with E-state index in [0.29, 0.717) is 11.3 Å². The minimum Gasteiger partial charge on any atom is -0.374 e. The fourth-order valence-corrected chi connectivity index (χ4v) is 3.95. The van der Waals surface area contributed by atoms with Crippen LogP contribution in [0.25, 0.3) is 0 Å². The van der Waals surface area contributed by atoms with Gasteiger partial charge in [-0.25, -0.2) is 0 Å². The summed E-state index contributed by atoms with van der Waals surface area (Å²) >= 11 is 0. The maximum absolute atomic E-state index is 6.13. The highest BCUT2D eigenvalue weighted by Crippen LogP contribution is 2.58. The third-order valence-electron chi connectivity index (χ3n) is 5.77. The Balaban J connectivity index is 1.75. The molecule has 1 aliphatic carbocycles. The van der Waals surface area contributed by atoms with Crippen LogP contribution in [0.5, 0.6) is 0 Å². The average Bonchev–Trinajstić information content (AvgIpc) is 3.16. The zero-order valence-electron chi connectivity index (χ0n) is 14.6. The van der Waals surface area contributed by atoms with E-state index in [2.05, 4.69) is 63.1 Å². The zero-order valence-corrected chi connectivity index (χ0v) is 14.6. The van der Waals surface area contributed by atoms with Gasteiger partial charge in [0.2, 0.25) is 0 Å². The van der Waals surface area contributed by atoms with E-state index in [1.807, 2.05) is 7.11 Å². The molecular formula is C19H29NO2. The third-order valence-corrected chi connectivity index (χ3v) is 5.77. The van der Waals surface area contributed by atoms with Crippen molar-refractivity contribution in [1.29, 1.82) is 0 Å². The molecule has 1 saturated heterocycles. The molecule has 1 aliphatic heterocycles. The summed E-state index contributed by atoms with van der Waals surface area (Å²) in [5, 5.41) is 2.13. The molecule has 0 amide bonds. The third kappa shape index (κ3) is 2.60. The van der Waals surface area contributed by atoms with E-state index in [-0.39, 0.29) is 11.3 Å². The summed E-state index contributed by atoms with van der Waals surface area (Å²) in [6, 6.07) is 10.5. The second-order valence-electron chi connectivity index (χ2n) is 8.14. The van der Waals surface area contributed by atoms with Crippen molar-refractivity contribution in [2.75, 3.05) is 7.11 Å².